The van der Waals surface area contributed by atoms with Crippen LogP contribution in [0.25, 0.3) is 0 Å². The zero-order valence-electron chi connectivity index (χ0n) is 16.1. The molecule has 150 valence electrons. The van der Waals surface area contributed by atoms with E-state index in [9.17, 15) is 8.42 Å². The lowest BCUT2D eigenvalue weighted by Crippen LogP contribution is -2.44. The summed E-state index contributed by atoms with van der Waals surface area (Å²) in [6, 6.07) is 1.86. The Labute approximate surface area is 160 Å². The Morgan fingerprint density at radius 1 is 1.44 bits per heavy atom. The number of anilines is 2. The van der Waals surface area contributed by atoms with Crippen molar-refractivity contribution in [3.05, 3.63) is 12.3 Å². The minimum absolute atomic E-state index is 0.135. The highest BCUT2D eigenvalue weighted by Gasteiger charge is 2.63. The van der Waals surface area contributed by atoms with Gasteiger partial charge in [-0.1, -0.05) is 0 Å². The molecule has 9 nitrogen and oxygen atoms in total. The van der Waals surface area contributed by atoms with Crippen molar-refractivity contribution >= 4 is 22.0 Å². The van der Waals surface area contributed by atoms with E-state index in [1.54, 1.807) is 6.20 Å². The molecule has 3 aliphatic heterocycles. The Balaban J connectivity index is 1.50. The van der Waals surface area contributed by atoms with Gasteiger partial charge < -0.3 is 15.0 Å². The number of rotatable bonds is 7. The Morgan fingerprint density at radius 2 is 2.26 bits per heavy atom. The van der Waals surface area contributed by atoms with Gasteiger partial charge in [-0.15, -0.1) is 0 Å². The normalized spacial score (nSPS) is 32.3. The van der Waals surface area contributed by atoms with E-state index in [1.807, 2.05) is 13.0 Å². The van der Waals surface area contributed by atoms with Crippen molar-refractivity contribution in [2.24, 2.45) is 11.8 Å². The van der Waals surface area contributed by atoms with Gasteiger partial charge in [0.1, 0.15) is 5.82 Å². The summed E-state index contributed by atoms with van der Waals surface area (Å²) in [5, 5.41) is 3.22. The van der Waals surface area contributed by atoms with Crippen molar-refractivity contribution in [2.75, 3.05) is 50.5 Å². The van der Waals surface area contributed by atoms with Gasteiger partial charge in [-0.3, -0.25) is 0 Å². The van der Waals surface area contributed by atoms with Crippen molar-refractivity contribution in [3.8, 4) is 0 Å². The van der Waals surface area contributed by atoms with Gasteiger partial charge in [0.25, 0.3) is 10.2 Å². The topological polar surface area (TPSA) is 99.7 Å². The molecule has 0 aromatic carbocycles. The Hall–Kier alpha value is -1.49. The molecule has 27 heavy (non-hydrogen) atoms. The average Bonchev–Trinajstić information content (AvgIpc) is 3.28. The predicted molar refractivity (Wildman–Crippen MR) is 103 cm³/mol. The van der Waals surface area contributed by atoms with Gasteiger partial charge in [0.05, 0.1) is 18.2 Å². The molecule has 4 rings (SSSR count). The van der Waals surface area contributed by atoms with Gasteiger partial charge in [0.2, 0.25) is 5.95 Å². The first-order valence-corrected chi connectivity index (χ1v) is 11.0. The molecule has 3 aliphatic rings. The average molecular weight is 397 g/mol. The number of nitrogens with zero attached hydrogens (tertiary/aromatic N) is 4. The number of hydrogen-bond donors (Lipinski definition) is 2. The summed E-state index contributed by atoms with van der Waals surface area (Å²) >= 11 is 0. The van der Waals surface area contributed by atoms with Gasteiger partial charge >= 0.3 is 0 Å². The van der Waals surface area contributed by atoms with E-state index in [1.165, 1.54) is 18.4 Å². The molecule has 4 heterocycles. The van der Waals surface area contributed by atoms with Crippen LogP contribution in [0.5, 0.6) is 0 Å². The van der Waals surface area contributed by atoms with E-state index >= 15 is 0 Å². The highest BCUT2D eigenvalue weighted by Crippen LogP contribution is 2.55. The number of hydrogen-bond acceptors (Lipinski definition) is 7. The van der Waals surface area contributed by atoms with E-state index in [2.05, 4.69) is 24.9 Å². The van der Waals surface area contributed by atoms with Crippen molar-refractivity contribution in [1.29, 1.82) is 0 Å². The van der Waals surface area contributed by atoms with Crippen molar-refractivity contribution < 1.29 is 13.2 Å². The highest BCUT2D eigenvalue weighted by atomic mass is 32.2. The van der Waals surface area contributed by atoms with Crippen LogP contribution in [0, 0.1) is 11.8 Å². The van der Waals surface area contributed by atoms with Crippen LogP contribution in [0.3, 0.4) is 0 Å². The van der Waals surface area contributed by atoms with Crippen LogP contribution in [-0.2, 0) is 14.9 Å². The van der Waals surface area contributed by atoms with Crippen molar-refractivity contribution in [3.63, 3.8) is 0 Å². The predicted octanol–water partition coefficient (Wildman–Crippen LogP) is 0.288. The summed E-state index contributed by atoms with van der Waals surface area (Å²) < 4.78 is 34.5. The molecular formula is C17H28N6O3S. The molecule has 1 aromatic heterocycles. The Morgan fingerprint density at radius 3 is 3.00 bits per heavy atom. The second kappa shape index (κ2) is 6.84. The standard InChI is InChI=1S/C17H28N6O3S/c1-4-18-15-6-8-19-16(21-15)23-10-13-12(9-20-27(24,25)22(2)3)14-5-7-17(13,11-23)26-14/h6,8,12-14,20H,4-5,7,9-11H2,1-3H3,(H,18,19,21)/t12-,13+,14+,17+/m0/s1. The van der Waals surface area contributed by atoms with Gasteiger partial charge in [0.15, 0.2) is 0 Å². The monoisotopic (exact) mass is 396 g/mol. The molecule has 2 N–H and O–H groups in total. The second-order valence-corrected chi connectivity index (χ2v) is 9.79. The maximum atomic E-state index is 12.1. The highest BCUT2D eigenvalue weighted by molar-refractivity contribution is 7.87. The fourth-order valence-corrected chi connectivity index (χ4v) is 5.39. The molecule has 10 heteroatoms. The van der Waals surface area contributed by atoms with E-state index in [0.717, 1.165) is 38.3 Å². The lowest BCUT2D eigenvalue weighted by Gasteiger charge is -2.29. The summed E-state index contributed by atoms with van der Waals surface area (Å²) in [7, 11) is -0.360. The number of aromatic nitrogens is 2. The van der Waals surface area contributed by atoms with Crippen LogP contribution in [0.1, 0.15) is 19.8 Å². The zero-order chi connectivity index (χ0) is 19.2. The number of fused-ring (bicyclic) bond motifs is 1. The van der Waals surface area contributed by atoms with Crippen LogP contribution < -0.4 is 14.9 Å². The third-order valence-electron chi connectivity index (χ3n) is 6.05. The summed E-state index contributed by atoms with van der Waals surface area (Å²) in [6.07, 6.45) is 3.91. The summed E-state index contributed by atoms with van der Waals surface area (Å²) in [4.78, 5) is 11.2. The SMILES string of the molecule is CCNc1ccnc(N2C[C@@H]3[C@H](CNS(=O)(=O)N(C)C)[C@H]4CC[C@]3(C2)O4)n1. The minimum Gasteiger partial charge on any atom is -0.370 e. The number of nitrogens with one attached hydrogen (secondary N) is 2. The van der Waals surface area contributed by atoms with Crippen LogP contribution in [0.15, 0.2) is 12.3 Å². The second-order valence-electron chi connectivity index (χ2n) is 7.82. The molecule has 0 amide bonds. The lowest BCUT2D eigenvalue weighted by molar-refractivity contribution is 0.0141. The van der Waals surface area contributed by atoms with Crippen LogP contribution in [0.2, 0.25) is 0 Å². The molecule has 4 atom stereocenters. The smallest absolute Gasteiger partial charge is 0.278 e. The third kappa shape index (κ3) is 3.28. The Kier molecular flexibility index (Phi) is 4.77. The van der Waals surface area contributed by atoms with E-state index < -0.39 is 10.2 Å². The maximum absolute atomic E-state index is 12.1. The van der Waals surface area contributed by atoms with Crippen molar-refractivity contribution in [1.82, 2.24) is 19.0 Å². The summed E-state index contributed by atoms with van der Waals surface area (Å²) in [5.74, 6) is 1.98. The zero-order valence-corrected chi connectivity index (χ0v) is 16.9. The summed E-state index contributed by atoms with van der Waals surface area (Å²) in [5.41, 5.74) is -0.198. The van der Waals surface area contributed by atoms with E-state index in [4.69, 9.17) is 4.74 Å². The first-order valence-electron chi connectivity index (χ1n) is 9.51. The van der Waals surface area contributed by atoms with Gasteiger partial charge in [0, 0.05) is 51.8 Å². The fourth-order valence-electron chi connectivity index (χ4n) is 4.73. The molecule has 0 radical (unpaired) electrons. The largest absolute Gasteiger partial charge is 0.370 e. The summed E-state index contributed by atoms with van der Waals surface area (Å²) in [6.45, 7) is 4.81. The maximum Gasteiger partial charge on any atom is 0.278 e. The quantitative estimate of drug-likeness (QED) is 0.683. The van der Waals surface area contributed by atoms with Gasteiger partial charge in [-0.25, -0.2) is 9.71 Å². The van der Waals surface area contributed by atoms with Crippen LogP contribution in [-0.4, -0.2) is 74.7 Å². The number of ether oxygens (including phenoxy) is 1. The van der Waals surface area contributed by atoms with E-state index in [0.29, 0.717) is 12.5 Å². The molecule has 1 aromatic rings. The van der Waals surface area contributed by atoms with Crippen LogP contribution >= 0.6 is 0 Å². The first-order chi connectivity index (χ1) is 12.8. The van der Waals surface area contributed by atoms with Crippen molar-refractivity contribution in [2.45, 2.75) is 31.5 Å². The fraction of sp³-hybridized carbons (Fsp3) is 0.765. The van der Waals surface area contributed by atoms with Gasteiger partial charge in [-0.05, 0) is 25.8 Å². The molecule has 2 bridgehead atoms. The molecule has 3 saturated heterocycles. The first kappa shape index (κ1) is 18.9. The molecular weight excluding hydrogens is 368 g/mol. The molecule has 3 fully saturated rings. The van der Waals surface area contributed by atoms with Crippen LogP contribution in [0.4, 0.5) is 11.8 Å². The molecule has 1 spiro atoms. The Bertz CT molecular complexity index is 804. The lowest BCUT2D eigenvalue weighted by atomic mass is 9.74. The molecule has 0 saturated carbocycles. The van der Waals surface area contributed by atoms with Gasteiger partial charge in [-0.2, -0.15) is 17.7 Å². The third-order valence-corrected chi connectivity index (χ3v) is 7.54. The van der Waals surface area contributed by atoms with E-state index in [-0.39, 0.29) is 23.5 Å². The molecule has 0 aliphatic carbocycles. The minimum atomic E-state index is -3.43. The molecule has 0 unspecified atom stereocenters.